The van der Waals surface area contributed by atoms with Crippen LogP contribution in [0.25, 0.3) is 0 Å². The molecule has 2 heterocycles. The number of oxazole rings is 1. The third kappa shape index (κ3) is 3.08. The topological polar surface area (TPSA) is 94.1 Å². The summed E-state index contributed by atoms with van der Waals surface area (Å²) in [5.41, 5.74) is 0.699. The second kappa shape index (κ2) is 5.35. The number of nitrogens with zero attached hydrogens (tertiary/aromatic N) is 3. The van der Waals surface area contributed by atoms with Crippen LogP contribution in [0.3, 0.4) is 0 Å². The van der Waals surface area contributed by atoms with Gasteiger partial charge in [0.05, 0.1) is 17.2 Å². The van der Waals surface area contributed by atoms with Crippen LogP contribution in [0, 0.1) is 24.0 Å². The summed E-state index contributed by atoms with van der Waals surface area (Å²) in [4.78, 5) is 18.6. The minimum absolute atomic E-state index is 0.102. The maximum absolute atomic E-state index is 10.9. The van der Waals surface area contributed by atoms with Gasteiger partial charge in [0.25, 0.3) is 0 Å². The Morgan fingerprint density at radius 3 is 2.84 bits per heavy atom. The number of anilines is 1. The Kier molecular flexibility index (Phi) is 3.79. The fourth-order valence-corrected chi connectivity index (χ4v) is 1.80. The van der Waals surface area contributed by atoms with Crippen molar-refractivity contribution in [2.45, 2.75) is 20.4 Å². The van der Waals surface area contributed by atoms with E-state index in [0.717, 1.165) is 11.5 Å². The van der Waals surface area contributed by atoms with Gasteiger partial charge in [-0.25, -0.2) is 9.97 Å². The summed E-state index contributed by atoms with van der Waals surface area (Å²) < 4.78 is 5.93. The van der Waals surface area contributed by atoms with Crippen molar-refractivity contribution in [2.24, 2.45) is 0 Å². The molecule has 0 radical (unpaired) electrons. The molecule has 100 valence electrons. The van der Waals surface area contributed by atoms with Gasteiger partial charge in [0, 0.05) is 16.7 Å². The SMILES string of the molecule is Cc1nc(CNc2ncc(Br)cc2[N+](=O)[O-])oc1C. The number of aromatic nitrogens is 2. The lowest BCUT2D eigenvalue weighted by Gasteiger charge is -2.03. The van der Waals surface area contributed by atoms with Gasteiger partial charge in [-0.05, 0) is 29.8 Å². The van der Waals surface area contributed by atoms with Gasteiger partial charge in [-0.2, -0.15) is 0 Å². The highest BCUT2D eigenvalue weighted by Gasteiger charge is 2.16. The minimum Gasteiger partial charge on any atom is -0.444 e. The van der Waals surface area contributed by atoms with Gasteiger partial charge < -0.3 is 9.73 Å². The summed E-state index contributed by atoms with van der Waals surface area (Å²) in [5.74, 6) is 1.38. The molecule has 0 aliphatic rings. The van der Waals surface area contributed by atoms with E-state index in [1.54, 1.807) is 0 Å². The molecular formula is C11H11BrN4O3. The molecule has 0 spiro atoms. The molecule has 2 rings (SSSR count). The van der Waals surface area contributed by atoms with Gasteiger partial charge >= 0.3 is 5.69 Å². The van der Waals surface area contributed by atoms with E-state index in [4.69, 9.17) is 4.42 Å². The van der Waals surface area contributed by atoms with Crippen LogP contribution in [0.1, 0.15) is 17.3 Å². The van der Waals surface area contributed by atoms with Crippen molar-refractivity contribution in [3.8, 4) is 0 Å². The zero-order valence-electron chi connectivity index (χ0n) is 10.3. The van der Waals surface area contributed by atoms with Crippen LogP contribution < -0.4 is 5.32 Å². The minimum atomic E-state index is -0.494. The Labute approximate surface area is 117 Å². The molecule has 0 saturated heterocycles. The molecule has 0 bridgehead atoms. The zero-order valence-corrected chi connectivity index (χ0v) is 11.9. The first-order valence-electron chi connectivity index (χ1n) is 5.44. The molecule has 0 aliphatic carbocycles. The molecule has 0 unspecified atom stereocenters. The molecule has 0 amide bonds. The van der Waals surface area contributed by atoms with Crippen molar-refractivity contribution in [1.82, 2.24) is 9.97 Å². The number of hydrogen-bond acceptors (Lipinski definition) is 6. The summed E-state index contributed by atoms with van der Waals surface area (Å²) in [6.45, 7) is 3.89. The summed E-state index contributed by atoms with van der Waals surface area (Å²) in [7, 11) is 0. The molecule has 0 aromatic carbocycles. The van der Waals surface area contributed by atoms with Crippen molar-refractivity contribution in [2.75, 3.05) is 5.32 Å². The van der Waals surface area contributed by atoms with Gasteiger partial charge in [0.15, 0.2) is 0 Å². The number of nitrogens with one attached hydrogen (secondary N) is 1. The molecule has 19 heavy (non-hydrogen) atoms. The highest BCUT2D eigenvalue weighted by atomic mass is 79.9. The van der Waals surface area contributed by atoms with E-state index in [9.17, 15) is 10.1 Å². The third-order valence-electron chi connectivity index (χ3n) is 2.51. The third-order valence-corrected chi connectivity index (χ3v) is 2.94. The maximum atomic E-state index is 10.9. The molecule has 0 fully saturated rings. The van der Waals surface area contributed by atoms with Gasteiger partial charge in [-0.15, -0.1) is 0 Å². The van der Waals surface area contributed by atoms with Gasteiger partial charge in [-0.3, -0.25) is 10.1 Å². The quantitative estimate of drug-likeness (QED) is 0.685. The van der Waals surface area contributed by atoms with Crippen molar-refractivity contribution in [3.05, 3.63) is 44.2 Å². The average molecular weight is 327 g/mol. The van der Waals surface area contributed by atoms with Crippen LogP contribution in [0.4, 0.5) is 11.5 Å². The monoisotopic (exact) mass is 326 g/mol. The van der Waals surface area contributed by atoms with E-state index >= 15 is 0 Å². The smallest absolute Gasteiger partial charge is 0.312 e. The normalized spacial score (nSPS) is 10.5. The van der Waals surface area contributed by atoms with E-state index in [0.29, 0.717) is 10.4 Å². The first kappa shape index (κ1) is 13.5. The van der Waals surface area contributed by atoms with Gasteiger partial charge in [0.1, 0.15) is 5.76 Å². The zero-order chi connectivity index (χ0) is 14.0. The largest absolute Gasteiger partial charge is 0.444 e. The molecule has 2 aromatic rings. The van der Waals surface area contributed by atoms with Gasteiger partial charge in [-0.1, -0.05) is 0 Å². The standard InChI is InChI=1S/C11H11BrN4O3/c1-6-7(2)19-10(15-6)5-14-11-9(16(17)18)3-8(12)4-13-11/h3-4H,5H2,1-2H3,(H,13,14). The van der Waals surface area contributed by atoms with Crippen molar-refractivity contribution >= 4 is 27.4 Å². The van der Waals surface area contributed by atoms with Crippen LogP contribution in [0.5, 0.6) is 0 Å². The number of halogens is 1. The van der Waals surface area contributed by atoms with Crippen molar-refractivity contribution in [1.29, 1.82) is 0 Å². The van der Waals surface area contributed by atoms with Gasteiger partial charge in [0.2, 0.25) is 11.7 Å². The van der Waals surface area contributed by atoms with Crippen LogP contribution in [0.15, 0.2) is 21.2 Å². The first-order valence-corrected chi connectivity index (χ1v) is 6.23. The number of hydrogen-bond donors (Lipinski definition) is 1. The van der Waals surface area contributed by atoms with E-state index < -0.39 is 4.92 Å². The Morgan fingerprint density at radius 2 is 2.26 bits per heavy atom. The second-order valence-corrected chi connectivity index (χ2v) is 4.80. The Morgan fingerprint density at radius 1 is 1.53 bits per heavy atom. The van der Waals surface area contributed by atoms with Crippen molar-refractivity contribution in [3.63, 3.8) is 0 Å². The fourth-order valence-electron chi connectivity index (χ4n) is 1.48. The number of pyridine rings is 1. The predicted molar refractivity (Wildman–Crippen MR) is 71.9 cm³/mol. The number of nitro groups is 1. The molecular weight excluding hydrogens is 316 g/mol. The summed E-state index contributed by atoms with van der Waals surface area (Å²) in [6, 6.07) is 1.39. The maximum Gasteiger partial charge on any atom is 0.312 e. The van der Waals surface area contributed by atoms with E-state index in [2.05, 4.69) is 31.2 Å². The van der Waals surface area contributed by atoms with Crippen LogP contribution in [-0.2, 0) is 6.54 Å². The highest BCUT2D eigenvalue weighted by Crippen LogP contribution is 2.25. The summed E-state index contributed by atoms with van der Waals surface area (Å²) >= 11 is 3.15. The average Bonchev–Trinajstić information content (AvgIpc) is 2.67. The highest BCUT2D eigenvalue weighted by molar-refractivity contribution is 9.10. The molecule has 8 heteroatoms. The predicted octanol–water partition coefficient (Wildman–Crippen LogP) is 2.97. The van der Waals surface area contributed by atoms with E-state index in [1.807, 2.05) is 13.8 Å². The molecule has 1 N–H and O–H groups in total. The Bertz CT molecular complexity index is 607. The van der Waals surface area contributed by atoms with Crippen LogP contribution >= 0.6 is 15.9 Å². The first-order chi connectivity index (χ1) is 8.97. The number of rotatable bonds is 4. The Hall–Kier alpha value is -1.96. The lowest BCUT2D eigenvalue weighted by Crippen LogP contribution is -2.05. The lowest BCUT2D eigenvalue weighted by atomic mass is 10.4. The Balaban J connectivity index is 2.17. The number of aryl methyl sites for hydroxylation is 2. The van der Waals surface area contributed by atoms with Crippen LogP contribution in [0.2, 0.25) is 0 Å². The fraction of sp³-hybridized carbons (Fsp3) is 0.273. The molecule has 0 saturated carbocycles. The molecule has 2 aromatic heterocycles. The second-order valence-electron chi connectivity index (χ2n) is 3.88. The van der Waals surface area contributed by atoms with Crippen molar-refractivity contribution < 1.29 is 9.34 Å². The van der Waals surface area contributed by atoms with Crippen LogP contribution in [-0.4, -0.2) is 14.9 Å². The van der Waals surface area contributed by atoms with E-state index in [-0.39, 0.29) is 18.1 Å². The summed E-state index contributed by atoms with van der Waals surface area (Å²) in [5, 5.41) is 13.8. The molecule has 7 nitrogen and oxygen atoms in total. The van der Waals surface area contributed by atoms with E-state index in [1.165, 1.54) is 12.3 Å². The summed E-state index contributed by atoms with van der Waals surface area (Å²) in [6.07, 6.45) is 1.49. The molecule has 0 atom stereocenters. The lowest BCUT2D eigenvalue weighted by molar-refractivity contribution is -0.384. The molecule has 0 aliphatic heterocycles.